The van der Waals surface area contributed by atoms with Gasteiger partial charge in [-0.2, -0.15) is 0 Å². The van der Waals surface area contributed by atoms with Crippen LogP contribution in [0.1, 0.15) is 17.5 Å². The van der Waals surface area contributed by atoms with Gasteiger partial charge in [-0.15, -0.1) is 11.3 Å². The summed E-state index contributed by atoms with van der Waals surface area (Å²) in [5.74, 6) is 0. The predicted octanol–water partition coefficient (Wildman–Crippen LogP) is 4.17. The Balaban J connectivity index is 2.13. The van der Waals surface area contributed by atoms with E-state index in [1.165, 1.54) is 0 Å². The summed E-state index contributed by atoms with van der Waals surface area (Å²) >= 11 is 7.61. The van der Waals surface area contributed by atoms with Gasteiger partial charge in [0.05, 0.1) is 15.8 Å². The number of thiazole rings is 1. The topological polar surface area (TPSA) is 38.9 Å². The summed E-state index contributed by atoms with van der Waals surface area (Å²) in [6, 6.07) is 15.8. The van der Waals surface area contributed by atoms with Crippen molar-refractivity contribution in [1.29, 1.82) is 0 Å². The molecule has 1 heterocycles. The number of fused-ring (bicyclic) bond motifs is 1. The second kappa shape index (κ2) is 4.60. The van der Waals surface area contributed by atoms with Crippen molar-refractivity contribution >= 4 is 33.2 Å². The average molecular weight is 289 g/mol. The lowest BCUT2D eigenvalue weighted by molar-refractivity contribution is 0.600. The highest BCUT2D eigenvalue weighted by Crippen LogP contribution is 2.33. The molecule has 0 amide bonds. The Labute approximate surface area is 120 Å². The second-order valence-corrected chi connectivity index (χ2v) is 6.17. The minimum absolute atomic E-state index is 0.586. The smallest absolute Gasteiger partial charge is 0.118 e. The maximum absolute atomic E-state index is 6.48. The first-order valence-electron chi connectivity index (χ1n) is 5.98. The van der Waals surface area contributed by atoms with Crippen LogP contribution in [0.4, 0.5) is 0 Å². The van der Waals surface area contributed by atoms with E-state index in [1.807, 2.05) is 55.5 Å². The van der Waals surface area contributed by atoms with Gasteiger partial charge in [0, 0.05) is 5.02 Å². The molecule has 0 saturated heterocycles. The average Bonchev–Trinajstić information content (AvgIpc) is 2.83. The Kier molecular flexibility index (Phi) is 3.05. The number of rotatable bonds is 2. The first-order valence-corrected chi connectivity index (χ1v) is 7.18. The van der Waals surface area contributed by atoms with Crippen LogP contribution in [0.15, 0.2) is 48.5 Å². The molecule has 0 spiro atoms. The van der Waals surface area contributed by atoms with Gasteiger partial charge in [0.1, 0.15) is 5.01 Å². The zero-order valence-electron chi connectivity index (χ0n) is 10.4. The highest BCUT2D eigenvalue weighted by Gasteiger charge is 2.27. The van der Waals surface area contributed by atoms with Crippen LogP contribution >= 0.6 is 22.9 Å². The molecule has 2 nitrogen and oxygen atoms in total. The van der Waals surface area contributed by atoms with Gasteiger partial charge in [0.15, 0.2) is 0 Å². The van der Waals surface area contributed by atoms with E-state index < -0.39 is 5.54 Å². The Morgan fingerprint density at radius 1 is 1.16 bits per heavy atom. The van der Waals surface area contributed by atoms with Crippen LogP contribution in [0.2, 0.25) is 5.02 Å². The summed E-state index contributed by atoms with van der Waals surface area (Å²) in [7, 11) is 0. The van der Waals surface area contributed by atoms with E-state index in [1.54, 1.807) is 11.3 Å². The lowest BCUT2D eigenvalue weighted by Gasteiger charge is -2.22. The molecule has 19 heavy (non-hydrogen) atoms. The molecule has 1 aromatic heterocycles. The van der Waals surface area contributed by atoms with Gasteiger partial charge in [-0.1, -0.05) is 41.9 Å². The van der Waals surface area contributed by atoms with Crippen LogP contribution in [-0.4, -0.2) is 4.98 Å². The fourth-order valence-corrected chi connectivity index (χ4v) is 3.22. The molecular weight excluding hydrogens is 276 g/mol. The standard InChI is InChI=1S/C15H13ClN2S/c1-15(17,10-5-3-2-4-6-10)14-18-12-9-11(16)7-8-13(12)19-14/h2-9H,17H2,1H3. The lowest BCUT2D eigenvalue weighted by Crippen LogP contribution is -2.34. The Morgan fingerprint density at radius 2 is 1.89 bits per heavy atom. The van der Waals surface area contributed by atoms with Crippen LogP contribution < -0.4 is 5.73 Å². The third-order valence-electron chi connectivity index (χ3n) is 3.17. The van der Waals surface area contributed by atoms with Crippen molar-refractivity contribution < 1.29 is 0 Å². The minimum atomic E-state index is -0.586. The fourth-order valence-electron chi connectivity index (χ4n) is 2.03. The Bertz CT molecular complexity index is 719. The van der Waals surface area contributed by atoms with Crippen LogP contribution in [0.5, 0.6) is 0 Å². The van der Waals surface area contributed by atoms with Gasteiger partial charge in [-0.3, -0.25) is 0 Å². The molecule has 0 aliphatic rings. The number of nitrogens with zero attached hydrogens (tertiary/aromatic N) is 1. The first-order chi connectivity index (χ1) is 9.07. The largest absolute Gasteiger partial charge is 0.316 e. The summed E-state index contributed by atoms with van der Waals surface area (Å²) in [5.41, 5.74) is 7.85. The maximum Gasteiger partial charge on any atom is 0.118 e. The number of aromatic nitrogens is 1. The SMILES string of the molecule is CC(N)(c1ccccc1)c1nc2cc(Cl)ccc2s1. The molecule has 4 heteroatoms. The van der Waals surface area contributed by atoms with Crippen molar-refractivity contribution in [3.8, 4) is 0 Å². The molecule has 2 N–H and O–H groups in total. The molecule has 0 bridgehead atoms. The maximum atomic E-state index is 6.48. The van der Waals surface area contributed by atoms with Gasteiger partial charge in [-0.05, 0) is 30.7 Å². The first kappa shape index (κ1) is 12.6. The second-order valence-electron chi connectivity index (χ2n) is 4.70. The third-order valence-corrected chi connectivity index (χ3v) is 4.68. The number of hydrogen-bond acceptors (Lipinski definition) is 3. The van der Waals surface area contributed by atoms with E-state index in [9.17, 15) is 0 Å². The molecular formula is C15H13ClN2S. The summed E-state index contributed by atoms with van der Waals surface area (Å²) in [4.78, 5) is 4.63. The molecule has 0 radical (unpaired) electrons. The lowest BCUT2D eigenvalue weighted by atomic mass is 9.94. The molecule has 0 fully saturated rings. The van der Waals surface area contributed by atoms with E-state index >= 15 is 0 Å². The molecule has 96 valence electrons. The summed E-state index contributed by atoms with van der Waals surface area (Å²) in [6.45, 7) is 1.99. The van der Waals surface area contributed by atoms with E-state index in [4.69, 9.17) is 17.3 Å². The highest BCUT2D eigenvalue weighted by molar-refractivity contribution is 7.18. The molecule has 2 aromatic carbocycles. The van der Waals surface area contributed by atoms with E-state index in [0.717, 1.165) is 20.8 Å². The van der Waals surface area contributed by atoms with Crippen molar-refractivity contribution in [1.82, 2.24) is 4.98 Å². The van der Waals surface area contributed by atoms with E-state index in [2.05, 4.69) is 4.98 Å². The van der Waals surface area contributed by atoms with Gasteiger partial charge >= 0.3 is 0 Å². The molecule has 0 aliphatic carbocycles. The normalized spacial score (nSPS) is 14.5. The van der Waals surface area contributed by atoms with Crippen LogP contribution in [0.25, 0.3) is 10.2 Å². The van der Waals surface area contributed by atoms with Crippen molar-refractivity contribution in [2.45, 2.75) is 12.5 Å². The molecule has 1 atom stereocenters. The fraction of sp³-hybridized carbons (Fsp3) is 0.133. The van der Waals surface area contributed by atoms with Crippen molar-refractivity contribution in [3.05, 3.63) is 64.1 Å². The predicted molar refractivity (Wildman–Crippen MR) is 81.7 cm³/mol. The monoisotopic (exact) mass is 288 g/mol. The number of hydrogen-bond donors (Lipinski definition) is 1. The third kappa shape index (κ3) is 2.25. The van der Waals surface area contributed by atoms with Crippen molar-refractivity contribution in [2.75, 3.05) is 0 Å². The highest BCUT2D eigenvalue weighted by atomic mass is 35.5. The zero-order chi connectivity index (χ0) is 13.5. The van der Waals surface area contributed by atoms with Crippen LogP contribution in [0.3, 0.4) is 0 Å². The number of nitrogens with two attached hydrogens (primary N) is 1. The molecule has 0 aliphatic heterocycles. The summed E-state index contributed by atoms with van der Waals surface area (Å²) in [5, 5.41) is 1.60. The molecule has 0 saturated carbocycles. The minimum Gasteiger partial charge on any atom is -0.316 e. The van der Waals surface area contributed by atoms with Gasteiger partial charge in [0.2, 0.25) is 0 Å². The summed E-state index contributed by atoms with van der Waals surface area (Å²) < 4.78 is 1.10. The van der Waals surface area contributed by atoms with E-state index in [0.29, 0.717) is 5.02 Å². The quantitative estimate of drug-likeness (QED) is 0.768. The van der Waals surface area contributed by atoms with Gasteiger partial charge in [0.25, 0.3) is 0 Å². The van der Waals surface area contributed by atoms with Crippen LogP contribution in [-0.2, 0) is 5.54 Å². The number of halogens is 1. The molecule has 3 rings (SSSR count). The molecule has 1 unspecified atom stereocenters. The van der Waals surface area contributed by atoms with Crippen molar-refractivity contribution in [2.24, 2.45) is 5.73 Å². The summed E-state index contributed by atoms with van der Waals surface area (Å²) in [6.07, 6.45) is 0. The Morgan fingerprint density at radius 3 is 2.63 bits per heavy atom. The van der Waals surface area contributed by atoms with Crippen LogP contribution in [0, 0.1) is 0 Å². The molecule has 3 aromatic rings. The zero-order valence-corrected chi connectivity index (χ0v) is 12.0. The van der Waals surface area contributed by atoms with Crippen molar-refractivity contribution in [3.63, 3.8) is 0 Å². The Hall–Kier alpha value is -1.42. The van der Waals surface area contributed by atoms with E-state index in [-0.39, 0.29) is 0 Å². The number of benzene rings is 2. The van der Waals surface area contributed by atoms with Gasteiger partial charge < -0.3 is 5.73 Å². The van der Waals surface area contributed by atoms with Gasteiger partial charge in [-0.25, -0.2) is 4.98 Å².